The number of rotatable bonds is 8. The lowest BCUT2D eigenvalue weighted by Gasteiger charge is -2.33. The van der Waals surface area contributed by atoms with Crippen LogP contribution in [0, 0.1) is 0 Å². The molecule has 21 heavy (non-hydrogen) atoms. The number of thioether (sulfide) groups is 1. The van der Waals surface area contributed by atoms with Gasteiger partial charge in [0.2, 0.25) is 0 Å². The van der Waals surface area contributed by atoms with Gasteiger partial charge in [-0.25, -0.2) is 0 Å². The van der Waals surface area contributed by atoms with Crippen molar-refractivity contribution in [3.8, 4) is 0 Å². The minimum absolute atomic E-state index is 0.153. The van der Waals surface area contributed by atoms with E-state index in [9.17, 15) is 4.79 Å². The van der Waals surface area contributed by atoms with Crippen molar-refractivity contribution >= 4 is 17.7 Å². The first-order valence-corrected chi connectivity index (χ1v) is 7.94. The van der Waals surface area contributed by atoms with E-state index in [2.05, 4.69) is 25.3 Å². The highest BCUT2D eigenvalue weighted by atomic mass is 32.2. The van der Waals surface area contributed by atoms with E-state index in [0.29, 0.717) is 0 Å². The van der Waals surface area contributed by atoms with Crippen LogP contribution in [-0.2, 0) is 9.53 Å². The van der Waals surface area contributed by atoms with Crippen molar-refractivity contribution in [1.82, 2.24) is 0 Å². The van der Waals surface area contributed by atoms with Crippen molar-refractivity contribution in [2.24, 2.45) is 0 Å². The van der Waals surface area contributed by atoms with Crippen LogP contribution in [0.4, 0.5) is 0 Å². The van der Waals surface area contributed by atoms with Gasteiger partial charge in [0, 0.05) is 17.1 Å². The van der Waals surface area contributed by atoms with Crippen LogP contribution in [0.2, 0.25) is 0 Å². The van der Waals surface area contributed by atoms with E-state index >= 15 is 0 Å². The summed E-state index contributed by atoms with van der Waals surface area (Å²) >= 11 is 1.74. The van der Waals surface area contributed by atoms with Gasteiger partial charge in [-0.1, -0.05) is 43.0 Å². The first-order chi connectivity index (χ1) is 9.85. The number of esters is 1. The molecular weight excluding hydrogens is 280 g/mol. The Balaban J connectivity index is 2.85. The SMILES string of the molecule is C=CC(=C)CCC(Sc1ccccc1)C(C)(C)OC(C)=O. The summed E-state index contributed by atoms with van der Waals surface area (Å²) in [6.45, 7) is 13.1. The lowest BCUT2D eigenvalue weighted by atomic mass is 9.98. The van der Waals surface area contributed by atoms with Crippen LogP contribution in [0.15, 0.2) is 60.0 Å². The van der Waals surface area contributed by atoms with Crippen LogP contribution in [0.25, 0.3) is 0 Å². The second-order valence-corrected chi connectivity index (χ2v) is 6.79. The summed E-state index contributed by atoms with van der Waals surface area (Å²) in [5, 5.41) is 0.153. The van der Waals surface area contributed by atoms with Crippen molar-refractivity contribution in [2.75, 3.05) is 0 Å². The molecular formula is C18H24O2S. The third kappa shape index (κ3) is 6.21. The number of benzene rings is 1. The molecule has 2 nitrogen and oxygen atoms in total. The zero-order valence-electron chi connectivity index (χ0n) is 13.1. The summed E-state index contributed by atoms with van der Waals surface area (Å²) in [5.41, 5.74) is 0.473. The van der Waals surface area contributed by atoms with Crippen molar-refractivity contribution < 1.29 is 9.53 Å². The summed E-state index contributed by atoms with van der Waals surface area (Å²) in [6, 6.07) is 10.2. The molecule has 1 unspecified atom stereocenters. The molecule has 0 aliphatic heterocycles. The highest BCUT2D eigenvalue weighted by Gasteiger charge is 2.33. The summed E-state index contributed by atoms with van der Waals surface area (Å²) < 4.78 is 5.52. The van der Waals surface area contributed by atoms with Crippen LogP contribution >= 0.6 is 11.8 Å². The molecule has 0 heterocycles. The smallest absolute Gasteiger partial charge is 0.303 e. The standard InChI is InChI=1S/C18H24O2S/c1-6-14(2)12-13-17(18(4,5)20-15(3)19)21-16-10-8-7-9-11-16/h6-11,17H,1-2,12-13H2,3-5H3. The lowest BCUT2D eigenvalue weighted by Crippen LogP contribution is -2.38. The highest BCUT2D eigenvalue weighted by molar-refractivity contribution is 8.00. The highest BCUT2D eigenvalue weighted by Crippen LogP contribution is 2.36. The Kier molecular flexibility index (Phi) is 6.76. The largest absolute Gasteiger partial charge is 0.459 e. The molecule has 0 aliphatic carbocycles. The molecule has 0 radical (unpaired) electrons. The summed E-state index contributed by atoms with van der Waals surface area (Å²) in [5.74, 6) is -0.249. The summed E-state index contributed by atoms with van der Waals surface area (Å²) in [7, 11) is 0. The fraction of sp³-hybridized carbons (Fsp3) is 0.389. The minimum atomic E-state index is -0.534. The van der Waals surface area contributed by atoms with Crippen molar-refractivity contribution in [2.45, 2.75) is 49.4 Å². The van der Waals surface area contributed by atoms with E-state index < -0.39 is 5.60 Å². The van der Waals surface area contributed by atoms with E-state index in [1.165, 1.54) is 11.8 Å². The molecule has 0 N–H and O–H groups in total. The van der Waals surface area contributed by atoms with E-state index in [1.54, 1.807) is 17.8 Å². The minimum Gasteiger partial charge on any atom is -0.459 e. The molecule has 0 saturated heterocycles. The average molecular weight is 304 g/mol. The molecule has 0 spiro atoms. The van der Waals surface area contributed by atoms with Gasteiger partial charge in [-0.3, -0.25) is 4.79 Å². The van der Waals surface area contributed by atoms with Gasteiger partial charge in [-0.05, 0) is 38.8 Å². The summed E-state index contributed by atoms with van der Waals surface area (Å²) in [6.07, 6.45) is 3.51. The first kappa shape index (κ1) is 17.6. The third-order valence-electron chi connectivity index (χ3n) is 3.22. The topological polar surface area (TPSA) is 26.3 Å². The Labute approximate surface area is 132 Å². The molecule has 0 bridgehead atoms. The number of carbonyl (C=O) groups is 1. The van der Waals surface area contributed by atoms with Crippen LogP contribution in [0.5, 0.6) is 0 Å². The van der Waals surface area contributed by atoms with Gasteiger partial charge >= 0.3 is 5.97 Å². The lowest BCUT2D eigenvalue weighted by molar-refractivity contribution is -0.153. The number of allylic oxidation sites excluding steroid dienone is 2. The maximum absolute atomic E-state index is 11.3. The quantitative estimate of drug-likeness (QED) is 0.383. The number of carbonyl (C=O) groups excluding carboxylic acids is 1. The fourth-order valence-electron chi connectivity index (χ4n) is 2.07. The normalized spacial score (nSPS) is 12.5. The van der Waals surface area contributed by atoms with Crippen LogP contribution < -0.4 is 0 Å². The maximum Gasteiger partial charge on any atom is 0.303 e. The zero-order valence-corrected chi connectivity index (χ0v) is 13.9. The molecule has 114 valence electrons. The molecule has 1 atom stereocenters. The monoisotopic (exact) mass is 304 g/mol. The third-order valence-corrected chi connectivity index (χ3v) is 4.85. The van der Waals surface area contributed by atoms with Gasteiger partial charge in [0.05, 0.1) is 0 Å². The van der Waals surface area contributed by atoms with Gasteiger partial charge in [0.15, 0.2) is 0 Å². The molecule has 0 fully saturated rings. The van der Waals surface area contributed by atoms with Gasteiger partial charge < -0.3 is 4.74 Å². The Morgan fingerprint density at radius 3 is 2.52 bits per heavy atom. The van der Waals surface area contributed by atoms with E-state index in [4.69, 9.17) is 4.74 Å². The maximum atomic E-state index is 11.3. The fourth-order valence-corrected chi connectivity index (χ4v) is 3.28. The number of ether oxygens (including phenoxy) is 1. The van der Waals surface area contributed by atoms with Crippen LogP contribution in [0.1, 0.15) is 33.6 Å². The Bertz CT molecular complexity index is 491. The zero-order chi connectivity index (χ0) is 15.9. The Hall–Kier alpha value is -1.48. The Morgan fingerprint density at radius 1 is 1.38 bits per heavy atom. The van der Waals surface area contributed by atoms with Crippen molar-refractivity contribution in [3.05, 3.63) is 55.1 Å². The Morgan fingerprint density at radius 2 is 2.00 bits per heavy atom. The molecule has 0 saturated carbocycles. The van der Waals surface area contributed by atoms with E-state index in [-0.39, 0.29) is 11.2 Å². The number of hydrogen-bond acceptors (Lipinski definition) is 3. The predicted octanol–water partition coefficient (Wildman–Crippen LogP) is 5.01. The van der Waals surface area contributed by atoms with Gasteiger partial charge in [-0.2, -0.15) is 0 Å². The second kappa shape index (κ2) is 8.08. The molecule has 1 rings (SSSR count). The molecule has 0 aliphatic rings. The molecule has 1 aromatic rings. The second-order valence-electron chi connectivity index (χ2n) is 5.52. The van der Waals surface area contributed by atoms with Crippen molar-refractivity contribution in [1.29, 1.82) is 0 Å². The molecule has 0 aromatic heterocycles. The van der Waals surface area contributed by atoms with Gasteiger partial charge in [0.1, 0.15) is 5.60 Å². The van der Waals surface area contributed by atoms with Crippen LogP contribution in [-0.4, -0.2) is 16.8 Å². The predicted molar refractivity (Wildman–Crippen MR) is 90.5 cm³/mol. The molecule has 0 amide bonds. The van der Waals surface area contributed by atoms with Crippen LogP contribution in [0.3, 0.4) is 0 Å². The van der Waals surface area contributed by atoms with Crippen molar-refractivity contribution in [3.63, 3.8) is 0 Å². The average Bonchev–Trinajstić information content (AvgIpc) is 2.42. The van der Waals surface area contributed by atoms with Gasteiger partial charge in [-0.15, -0.1) is 11.8 Å². The molecule has 3 heteroatoms. The summed E-state index contributed by atoms with van der Waals surface area (Å²) in [4.78, 5) is 12.5. The first-order valence-electron chi connectivity index (χ1n) is 7.06. The number of hydrogen-bond donors (Lipinski definition) is 0. The van der Waals surface area contributed by atoms with E-state index in [0.717, 1.165) is 18.4 Å². The molecule has 1 aromatic carbocycles. The van der Waals surface area contributed by atoms with E-state index in [1.807, 2.05) is 32.0 Å². The van der Waals surface area contributed by atoms with Gasteiger partial charge in [0.25, 0.3) is 0 Å².